The van der Waals surface area contributed by atoms with Crippen molar-refractivity contribution >= 4 is 5.95 Å². The van der Waals surface area contributed by atoms with Gasteiger partial charge in [-0.05, 0) is 13.3 Å². The fraction of sp³-hybridized carbons (Fsp3) is 0.500. The van der Waals surface area contributed by atoms with Crippen LogP contribution in [-0.2, 0) is 6.54 Å². The van der Waals surface area contributed by atoms with Crippen LogP contribution >= 0.6 is 0 Å². The Bertz CT molecular complexity index is 557. The van der Waals surface area contributed by atoms with Crippen LogP contribution in [-0.4, -0.2) is 38.4 Å². The van der Waals surface area contributed by atoms with Crippen molar-refractivity contribution in [3.05, 3.63) is 12.4 Å². The zero-order valence-corrected chi connectivity index (χ0v) is 11.8. The van der Waals surface area contributed by atoms with E-state index >= 15 is 0 Å². The summed E-state index contributed by atoms with van der Waals surface area (Å²) in [4.78, 5) is 12.3. The van der Waals surface area contributed by atoms with Gasteiger partial charge in [0, 0.05) is 13.1 Å². The van der Waals surface area contributed by atoms with E-state index in [0.717, 1.165) is 13.0 Å². The van der Waals surface area contributed by atoms with Gasteiger partial charge >= 0.3 is 12.0 Å². The number of methoxy groups -OCH3 is 1. The molecule has 0 saturated heterocycles. The lowest BCUT2D eigenvalue weighted by Gasteiger charge is -2.06. The zero-order valence-electron chi connectivity index (χ0n) is 11.8. The van der Waals surface area contributed by atoms with Gasteiger partial charge in [-0.3, -0.25) is 4.68 Å². The smallest absolute Gasteiger partial charge is 0.330 e. The van der Waals surface area contributed by atoms with Gasteiger partial charge in [0.05, 0.1) is 19.5 Å². The predicted molar refractivity (Wildman–Crippen MR) is 73.1 cm³/mol. The van der Waals surface area contributed by atoms with Crippen molar-refractivity contribution in [1.82, 2.24) is 24.7 Å². The zero-order chi connectivity index (χ0) is 14.4. The molecule has 8 heteroatoms. The Balaban J connectivity index is 2.16. The maximum absolute atomic E-state index is 5.57. The van der Waals surface area contributed by atoms with E-state index in [9.17, 15) is 0 Å². The third kappa shape index (κ3) is 3.56. The van der Waals surface area contributed by atoms with Crippen molar-refractivity contribution < 1.29 is 9.47 Å². The molecular formula is C12H18N6O2. The van der Waals surface area contributed by atoms with Crippen molar-refractivity contribution in [1.29, 1.82) is 0 Å². The van der Waals surface area contributed by atoms with Gasteiger partial charge in [0.25, 0.3) is 0 Å². The molecule has 0 amide bonds. The highest BCUT2D eigenvalue weighted by Gasteiger charge is 2.09. The predicted octanol–water partition coefficient (Wildman–Crippen LogP) is 1.71. The van der Waals surface area contributed by atoms with Crippen LogP contribution in [0.15, 0.2) is 12.4 Å². The number of ether oxygens (including phenoxy) is 2. The third-order valence-corrected chi connectivity index (χ3v) is 2.38. The second kappa shape index (κ2) is 6.69. The SMILES string of the molecule is CCCn1cc(Oc2nc(NCC)nc(OC)n2)cn1. The molecule has 2 heterocycles. The number of hydrogen-bond donors (Lipinski definition) is 1. The molecule has 0 spiro atoms. The molecule has 0 saturated carbocycles. The molecule has 1 N–H and O–H groups in total. The van der Waals surface area contributed by atoms with E-state index in [1.807, 2.05) is 6.92 Å². The summed E-state index contributed by atoms with van der Waals surface area (Å²) in [6.45, 7) is 5.57. The van der Waals surface area contributed by atoms with E-state index < -0.39 is 0 Å². The molecule has 0 fully saturated rings. The van der Waals surface area contributed by atoms with Crippen molar-refractivity contribution in [2.45, 2.75) is 26.8 Å². The number of hydrogen-bond acceptors (Lipinski definition) is 7. The molecule has 8 nitrogen and oxygen atoms in total. The first kappa shape index (κ1) is 14.0. The lowest BCUT2D eigenvalue weighted by Crippen LogP contribution is -2.06. The van der Waals surface area contributed by atoms with E-state index in [4.69, 9.17) is 9.47 Å². The van der Waals surface area contributed by atoms with Crippen LogP contribution in [0.2, 0.25) is 0 Å². The summed E-state index contributed by atoms with van der Waals surface area (Å²) in [5.41, 5.74) is 0. The molecule has 0 atom stereocenters. The second-order valence-electron chi connectivity index (χ2n) is 4.00. The van der Waals surface area contributed by atoms with Crippen LogP contribution in [0.25, 0.3) is 0 Å². The molecule has 2 aromatic heterocycles. The summed E-state index contributed by atoms with van der Waals surface area (Å²) in [6.07, 6.45) is 4.43. The Morgan fingerprint density at radius 1 is 1.20 bits per heavy atom. The van der Waals surface area contributed by atoms with Gasteiger partial charge < -0.3 is 14.8 Å². The average molecular weight is 278 g/mol. The van der Waals surface area contributed by atoms with Crippen LogP contribution in [0.3, 0.4) is 0 Å². The number of anilines is 1. The Kier molecular flexibility index (Phi) is 4.70. The normalized spacial score (nSPS) is 10.3. The molecule has 0 aliphatic heterocycles. The molecule has 0 aliphatic carbocycles. The van der Waals surface area contributed by atoms with Crippen LogP contribution in [0.5, 0.6) is 17.8 Å². The highest BCUT2D eigenvalue weighted by Crippen LogP contribution is 2.19. The van der Waals surface area contributed by atoms with Crippen LogP contribution in [0.4, 0.5) is 5.95 Å². The largest absolute Gasteiger partial charge is 0.467 e. The fourth-order valence-electron chi connectivity index (χ4n) is 1.57. The minimum Gasteiger partial charge on any atom is -0.467 e. The van der Waals surface area contributed by atoms with E-state index in [0.29, 0.717) is 18.2 Å². The van der Waals surface area contributed by atoms with E-state index in [-0.39, 0.29) is 12.0 Å². The summed E-state index contributed by atoms with van der Waals surface area (Å²) >= 11 is 0. The molecule has 0 aliphatic rings. The summed E-state index contributed by atoms with van der Waals surface area (Å²) in [5, 5.41) is 7.17. The first-order valence-corrected chi connectivity index (χ1v) is 6.49. The first-order chi connectivity index (χ1) is 9.75. The average Bonchev–Trinajstić information content (AvgIpc) is 2.86. The molecule has 0 unspecified atom stereocenters. The van der Waals surface area contributed by atoms with Crippen molar-refractivity contribution in [2.75, 3.05) is 19.0 Å². The van der Waals surface area contributed by atoms with Gasteiger partial charge in [-0.25, -0.2) is 0 Å². The van der Waals surface area contributed by atoms with Gasteiger partial charge in [0.15, 0.2) is 5.75 Å². The quantitative estimate of drug-likeness (QED) is 0.824. The summed E-state index contributed by atoms with van der Waals surface area (Å²) in [7, 11) is 1.49. The van der Waals surface area contributed by atoms with Gasteiger partial charge in [0.2, 0.25) is 5.95 Å². The van der Waals surface area contributed by atoms with Gasteiger partial charge in [-0.1, -0.05) is 6.92 Å². The molecule has 20 heavy (non-hydrogen) atoms. The van der Waals surface area contributed by atoms with Crippen molar-refractivity contribution in [2.24, 2.45) is 0 Å². The van der Waals surface area contributed by atoms with Crippen LogP contribution in [0.1, 0.15) is 20.3 Å². The number of aryl methyl sites for hydroxylation is 1. The maximum Gasteiger partial charge on any atom is 0.330 e. The Morgan fingerprint density at radius 2 is 2.00 bits per heavy atom. The third-order valence-electron chi connectivity index (χ3n) is 2.38. The van der Waals surface area contributed by atoms with Crippen LogP contribution in [0, 0.1) is 0 Å². The molecule has 0 radical (unpaired) electrons. The molecule has 108 valence electrons. The first-order valence-electron chi connectivity index (χ1n) is 6.49. The second-order valence-corrected chi connectivity index (χ2v) is 4.00. The highest BCUT2D eigenvalue weighted by atomic mass is 16.5. The van der Waals surface area contributed by atoms with Gasteiger partial charge in [-0.15, -0.1) is 4.98 Å². The summed E-state index contributed by atoms with van der Waals surface area (Å²) in [6, 6.07) is 0.371. The standard InChI is InChI=1S/C12H18N6O2/c1-4-6-18-8-9(7-14-18)20-12-16-10(13-5-2)15-11(17-12)19-3/h7-8H,4-6H2,1-3H3,(H,13,15,16,17). The number of nitrogens with one attached hydrogen (secondary N) is 1. The number of nitrogens with zero attached hydrogens (tertiary/aromatic N) is 5. The number of rotatable bonds is 7. The Labute approximate surface area is 117 Å². The fourth-order valence-corrected chi connectivity index (χ4v) is 1.57. The molecule has 2 aromatic rings. The molecule has 0 aromatic carbocycles. The summed E-state index contributed by atoms with van der Waals surface area (Å²) in [5.74, 6) is 0.990. The van der Waals surface area contributed by atoms with E-state index in [2.05, 4.69) is 32.3 Å². The van der Waals surface area contributed by atoms with E-state index in [1.165, 1.54) is 7.11 Å². The van der Waals surface area contributed by atoms with Crippen molar-refractivity contribution in [3.8, 4) is 17.8 Å². The number of aromatic nitrogens is 5. The minimum absolute atomic E-state index is 0.170. The summed E-state index contributed by atoms with van der Waals surface area (Å²) < 4.78 is 12.4. The van der Waals surface area contributed by atoms with Crippen molar-refractivity contribution in [3.63, 3.8) is 0 Å². The van der Waals surface area contributed by atoms with Gasteiger partial charge in [-0.2, -0.15) is 15.1 Å². The van der Waals surface area contributed by atoms with Crippen LogP contribution < -0.4 is 14.8 Å². The van der Waals surface area contributed by atoms with E-state index in [1.54, 1.807) is 17.1 Å². The Morgan fingerprint density at radius 3 is 2.70 bits per heavy atom. The molecule has 2 rings (SSSR count). The lowest BCUT2D eigenvalue weighted by molar-refractivity contribution is 0.360. The minimum atomic E-state index is 0.170. The topological polar surface area (TPSA) is 87.0 Å². The van der Waals surface area contributed by atoms with Gasteiger partial charge in [0.1, 0.15) is 0 Å². The Hall–Kier alpha value is -2.38. The monoisotopic (exact) mass is 278 g/mol. The lowest BCUT2D eigenvalue weighted by atomic mass is 10.5. The highest BCUT2D eigenvalue weighted by molar-refractivity contribution is 5.28. The molecule has 0 bridgehead atoms. The molecular weight excluding hydrogens is 260 g/mol. The maximum atomic E-state index is 5.57.